The van der Waals surface area contributed by atoms with Gasteiger partial charge in [0, 0.05) is 26.0 Å². The van der Waals surface area contributed by atoms with Crippen molar-refractivity contribution in [2.75, 3.05) is 18.5 Å². The summed E-state index contributed by atoms with van der Waals surface area (Å²) in [5.41, 5.74) is 1.12. The van der Waals surface area contributed by atoms with Gasteiger partial charge in [-0.05, 0) is 37.2 Å². The summed E-state index contributed by atoms with van der Waals surface area (Å²) in [6, 6.07) is 0. The molecule has 0 radical (unpaired) electrons. The molecule has 1 aliphatic carbocycles. The molecular weight excluding hydrogens is 210 g/mol. The monoisotopic (exact) mass is 233 g/mol. The summed E-state index contributed by atoms with van der Waals surface area (Å²) >= 11 is 0. The Kier molecular flexibility index (Phi) is 3.97. The Morgan fingerprint density at radius 1 is 1.18 bits per heavy atom. The van der Waals surface area contributed by atoms with Crippen LogP contribution in [-0.4, -0.2) is 23.6 Å². The maximum Gasteiger partial charge on any atom is 0.224 e. The summed E-state index contributed by atoms with van der Waals surface area (Å²) in [5.74, 6) is 2.60. The average molecular weight is 233 g/mol. The molecule has 1 heterocycles. The maximum absolute atomic E-state index is 4.37. The molecule has 17 heavy (non-hydrogen) atoms. The average Bonchev–Trinajstić information content (AvgIpc) is 2.33. The second kappa shape index (κ2) is 5.48. The molecule has 0 unspecified atom stereocenters. The van der Waals surface area contributed by atoms with Gasteiger partial charge in [0.1, 0.15) is 0 Å². The topological polar surface area (TPSA) is 29.0 Å². The van der Waals surface area contributed by atoms with Crippen LogP contribution in [0.2, 0.25) is 0 Å². The molecule has 0 atom stereocenters. The van der Waals surface area contributed by atoms with E-state index in [1.54, 1.807) is 0 Å². The van der Waals surface area contributed by atoms with Crippen molar-refractivity contribution < 1.29 is 0 Å². The fourth-order valence-electron chi connectivity index (χ4n) is 2.56. The molecule has 1 aromatic rings. The van der Waals surface area contributed by atoms with Gasteiger partial charge in [0.05, 0.1) is 0 Å². The molecule has 0 aromatic carbocycles. The molecule has 94 valence electrons. The quantitative estimate of drug-likeness (QED) is 0.803. The van der Waals surface area contributed by atoms with Gasteiger partial charge in [-0.1, -0.05) is 19.8 Å². The predicted molar refractivity (Wildman–Crippen MR) is 71.2 cm³/mol. The highest BCUT2D eigenvalue weighted by atomic mass is 15.2. The molecule has 0 saturated heterocycles. The molecule has 0 bridgehead atoms. The first kappa shape index (κ1) is 12.3. The zero-order valence-electron chi connectivity index (χ0n) is 11.2. The second-order valence-electron chi connectivity index (χ2n) is 5.57. The number of aryl methyl sites for hydroxylation is 1. The smallest absolute Gasteiger partial charge is 0.224 e. The maximum atomic E-state index is 4.37. The molecule has 1 aromatic heterocycles. The second-order valence-corrected chi connectivity index (χ2v) is 5.57. The Morgan fingerprint density at radius 2 is 1.76 bits per heavy atom. The van der Waals surface area contributed by atoms with Gasteiger partial charge in [-0.2, -0.15) is 0 Å². The van der Waals surface area contributed by atoms with E-state index in [-0.39, 0.29) is 0 Å². The fraction of sp³-hybridized carbons (Fsp3) is 0.714. The minimum atomic E-state index is 0.820. The lowest BCUT2D eigenvalue weighted by Crippen LogP contribution is -2.29. The van der Waals surface area contributed by atoms with Crippen LogP contribution in [0.25, 0.3) is 0 Å². The van der Waals surface area contributed by atoms with Crippen molar-refractivity contribution >= 4 is 5.95 Å². The number of hydrogen-bond donors (Lipinski definition) is 0. The number of aromatic nitrogens is 2. The molecular formula is C14H23N3. The number of hydrogen-bond acceptors (Lipinski definition) is 3. The van der Waals surface area contributed by atoms with E-state index < -0.39 is 0 Å². The minimum absolute atomic E-state index is 0.820. The summed E-state index contributed by atoms with van der Waals surface area (Å²) in [6.07, 6.45) is 9.26. The molecule has 0 spiro atoms. The molecule has 1 fully saturated rings. The third-order valence-corrected chi connectivity index (χ3v) is 3.78. The molecule has 0 N–H and O–H groups in total. The highest BCUT2D eigenvalue weighted by Gasteiger charge is 2.20. The number of anilines is 1. The number of rotatable bonds is 3. The van der Waals surface area contributed by atoms with Crippen molar-refractivity contribution in [3.05, 3.63) is 18.0 Å². The Morgan fingerprint density at radius 3 is 2.35 bits per heavy atom. The lowest BCUT2D eigenvalue weighted by Gasteiger charge is -2.29. The summed E-state index contributed by atoms with van der Waals surface area (Å²) in [6.45, 7) is 5.48. The third kappa shape index (κ3) is 3.42. The van der Waals surface area contributed by atoms with Gasteiger partial charge in [0.25, 0.3) is 0 Å². The molecule has 1 saturated carbocycles. The first-order chi connectivity index (χ1) is 8.15. The van der Waals surface area contributed by atoms with E-state index >= 15 is 0 Å². The van der Waals surface area contributed by atoms with Crippen molar-refractivity contribution in [1.29, 1.82) is 0 Å². The lowest BCUT2D eigenvalue weighted by molar-refractivity contribution is 0.293. The van der Waals surface area contributed by atoms with Crippen LogP contribution >= 0.6 is 0 Å². The fourth-order valence-corrected chi connectivity index (χ4v) is 2.56. The van der Waals surface area contributed by atoms with Crippen LogP contribution in [0.5, 0.6) is 0 Å². The molecule has 1 aliphatic rings. The van der Waals surface area contributed by atoms with Crippen LogP contribution in [0, 0.1) is 18.8 Å². The first-order valence-electron chi connectivity index (χ1n) is 6.65. The van der Waals surface area contributed by atoms with Crippen molar-refractivity contribution in [2.45, 2.75) is 39.5 Å². The Balaban J connectivity index is 1.88. The van der Waals surface area contributed by atoms with Crippen molar-refractivity contribution in [3.8, 4) is 0 Å². The standard InChI is InChI=1S/C14H23N3/c1-11-4-6-13(7-5-11)10-17(3)14-15-8-12(2)9-16-14/h8-9,11,13H,4-7,10H2,1-3H3. The third-order valence-electron chi connectivity index (χ3n) is 3.78. The van der Waals surface area contributed by atoms with Gasteiger partial charge in [-0.25, -0.2) is 9.97 Å². The van der Waals surface area contributed by atoms with Gasteiger partial charge in [0.2, 0.25) is 5.95 Å². The SMILES string of the molecule is Cc1cnc(N(C)CC2CCC(C)CC2)nc1. The molecule has 3 heteroatoms. The van der Waals surface area contributed by atoms with Crippen LogP contribution in [-0.2, 0) is 0 Å². The van der Waals surface area contributed by atoms with E-state index in [0.29, 0.717) is 0 Å². The normalized spacial score (nSPS) is 24.6. The summed E-state index contributed by atoms with van der Waals surface area (Å²) < 4.78 is 0. The van der Waals surface area contributed by atoms with E-state index in [4.69, 9.17) is 0 Å². The Bertz CT molecular complexity index is 339. The van der Waals surface area contributed by atoms with Gasteiger partial charge < -0.3 is 4.90 Å². The highest BCUT2D eigenvalue weighted by Crippen LogP contribution is 2.29. The Hall–Kier alpha value is -1.12. The highest BCUT2D eigenvalue weighted by molar-refractivity contribution is 5.28. The van der Waals surface area contributed by atoms with E-state index in [2.05, 4.69) is 28.8 Å². The van der Waals surface area contributed by atoms with Crippen molar-refractivity contribution in [2.24, 2.45) is 11.8 Å². The van der Waals surface area contributed by atoms with Crippen LogP contribution in [0.1, 0.15) is 38.2 Å². The van der Waals surface area contributed by atoms with Crippen molar-refractivity contribution in [3.63, 3.8) is 0 Å². The van der Waals surface area contributed by atoms with Gasteiger partial charge >= 0.3 is 0 Å². The largest absolute Gasteiger partial charge is 0.344 e. The van der Waals surface area contributed by atoms with E-state index in [1.807, 2.05) is 19.3 Å². The Labute approximate surface area is 104 Å². The van der Waals surface area contributed by atoms with E-state index in [1.165, 1.54) is 25.7 Å². The van der Waals surface area contributed by atoms with Crippen molar-refractivity contribution in [1.82, 2.24) is 9.97 Å². The molecule has 3 nitrogen and oxygen atoms in total. The van der Waals surface area contributed by atoms with Crippen LogP contribution in [0.15, 0.2) is 12.4 Å². The van der Waals surface area contributed by atoms with Crippen LogP contribution in [0.4, 0.5) is 5.95 Å². The molecule has 0 aliphatic heterocycles. The zero-order valence-corrected chi connectivity index (χ0v) is 11.2. The summed E-state index contributed by atoms with van der Waals surface area (Å²) in [5, 5.41) is 0. The summed E-state index contributed by atoms with van der Waals surface area (Å²) in [7, 11) is 2.10. The molecule has 2 rings (SSSR count). The van der Waals surface area contributed by atoms with Crippen LogP contribution < -0.4 is 4.90 Å². The van der Waals surface area contributed by atoms with Crippen LogP contribution in [0.3, 0.4) is 0 Å². The van der Waals surface area contributed by atoms with E-state index in [0.717, 1.165) is 29.9 Å². The minimum Gasteiger partial charge on any atom is -0.344 e. The number of nitrogens with zero attached hydrogens (tertiary/aromatic N) is 3. The first-order valence-corrected chi connectivity index (χ1v) is 6.65. The lowest BCUT2D eigenvalue weighted by atomic mass is 9.83. The van der Waals surface area contributed by atoms with Gasteiger partial charge in [0.15, 0.2) is 0 Å². The van der Waals surface area contributed by atoms with Gasteiger partial charge in [-0.15, -0.1) is 0 Å². The summed E-state index contributed by atoms with van der Waals surface area (Å²) in [4.78, 5) is 10.9. The zero-order chi connectivity index (χ0) is 12.3. The van der Waals surface area contributed by atoms with Gasteiger partial charge in [-0.3, -0.25) is 0 Å². The predicted octanol–water partition coefficient (Wildman–Crippen LogP) is 3.05. The van der Waals surface area contributed by atoms with E-state index in [9.17, 15) is 0 Å². The molecule has 0 amide bonds.